The second-order valence-corrected chi connectivity index (χ2v) is 5.29. The van der Waals surface area contributed by atoms with Crippen molar-refractivity contribution in [2.75, 3.05) is 13.7 Å². The minimum absolute atomic E-state index is 0.146. The topological polar surface area (TPSA) is 46.5 Å². The summed E-state index contributed by atoms with van der Waals surface area (Å²) in [6.07, 6.45) is 2.28. The van der Waals surface area contributed by atoms with Gasteiger partial charge < -0.3 is 9.84 Å². The first kappa shape index (κ1) is 21.9. The molecule has 0 saturated heterocycles. The summed E-state index contributed by atoms with van der Waals surface area (Å²) in [7, 11) is 1.30. The summed E-state index contributed by atoms with van der Waals surface area (Å²) in [4.78, 5) is 10.4. The second-order valence-electron chi connectivity index (χ2n) is 5.29. The van der Waals surface area contributed by atoms with Gasteiger partial charge in [-0.15, -0.1) is 0 Å². The van der Waals surface area contributed by atoms with Crippen molar-refractivity contribution in [3.05, 3.63) is 71.8 Å². The summed E-state index contributed by atoms with van der Waals surface area (Å²) in [5, 5.41) is 8.34. The molecule has 0 aliphatic heterocycles. The van der Waals surface area contributed by atoms with Crippen molar-refractivity contribution in [3.8, 4) is 0 Å². The average molecular weight is 330 g/mol. The van der Waals surface area contributed by atoms with E-state index in [1.807, 2.05) is 12.1 Å². The summed E-state index contributed by atoms with van der Waals surface area (Å²) < 4.78 is 4.30. The van der Waals surface area contributed by atoms with Gasteiger partial charge in [-0.1, -0.05) is 74.5 Å². The first-order valence-corrected chi connectivity index (χ1v) is 8.35. The Morgan fingerprint density at radius 2 is 1.29 bits per heavy atom. The first-order chi connectivity index (χ1) is 11.6. The molecule has 0 amide bonds. The Hall–Kier alpha value is -2.13. The highest BCUT2D eigenvalue weighted by Gasteiger charge is 2.09. The Morgan fingerprint density at radius 1 is 0.917 bits per heavy atom. The molecule has 0 radical (unpaired) electrons. The maximum absolute atomic E-state index is 10.4. The Labute approximate surface area is 146 Å². The summed E-state index contributed by atoms with van der Waals surface area (Å²) >= 11 is 0. The predicted octanol–water partition coefficient (Wildman–Crippen LogP) is 4.29. The van der Waals surface area contributed by atoms with Crippen LogP contribution in [0.3, 0.4) is 0 Å². The third-order valence-corrected chi connectivity index (χ3v) is 3.38. The smallest absolute Gasteiger partial charge is 0.310 e. The van der Waals surface area contributed by atoms with Gasteiger partial charge >= 0.3 is 5.97 Å². The van der Waals surface area contributed by atoms with E-state index in [0.717, 1.165) is 12.8 Å². The van der Waals surface area contributed by atoms with Crippen molar-refractivity contribution < 1.29 is 14.6 Å². The lowest BCUT2D eigenvalue weighted by atomic mass is 10.2. The summed E-state index contributed by atoms with van der Waals surface area (Å²) in [5.74, 6) is -0.757. The van der Waals surface area contributed by atoms with Crippen LogP contribution >= 0.6 is 0 Å². The zero-order chi connectivity index (χ0) is 18.2. The van der Waals surface area contributed by atoms with Gasteiger partial charge in [0.25, 0.3) is 0 Å². The van der Waals surface area contributed by atoms with E-state index in [9.17, 15) is 4.79 Å². The summed E-state index contributed by atoms with van der Waals surface area (Å²) in [6, 6.07) is 20.9. The Morgan fingerprint density at radius 3 is 1.46 bits per heavy atom. The van der Waals surface area contributed by atoms with E-state index in [4.69, 9.17) is 5.11 Å². The first-order valence-electron chi connectivity index (χ1n) is 8.35. The fraction of sp³-hybridized carbons (Fsp3) is 0.381. The molecule has 1 N–H and O–H groups in total. The number of aliphatic hydroxyl groups is 1. The third-order valence-electron chi connectivity index (χ3n) is 3.38. The molecule has 3 nitrogen and oxygen atoms in total. The van der Waals surface area contributed by atoms with Crippen LogP contribution in [0, 0.1) is 5.92 Å². The standard InChI is InChI=1S/2C8H10.C5H10O3/c2*1-2-8-6-4-3-5-7-8;1-4(3-6)5(7)8-2/h2*3-7H,2H2,1H3;4,6H,3H2,1-2H3. The van der Waals surface area contributed by atoms with E-state index in [-0.39, 0.29) is 18.5 Å². The summed E-state index contributed by atoms with van der Waals surface area (Å²) in [5.41, 5.74) is 2.82. The Bertz CT molecular complexity index is 484. The normalized spacial score (nSPS) is 10.4. The number of hydrogen-bond donors (Lipinski definition) is 1. The second kappa shape index (κ2) is 14.5. The van der Waals surface area contributed by atoms with Crippen molar-refractivity contribution in [1.82, 2.24) is 0 Å². The van der Waals surface area contributed by atoms with Crippen LogP contribution in [-0.4, -0.2) is 24.8 Å². The van der Waals surface area contributed by atoms with E-state index < -0.39 is 0 Å². The monoisotopic (exact) mass is 330 g/mol. The molecule has 0 aromatic heterocycles. The van der Waals surface area contributed by atoms with Gasteiger partial charge in [-0.25, -0.2) is 0 Å². The van der Waals surface area contributed by atoms with E-state index >= 15 is 0 Å². The zero-order valence-electron chi connectivity index (χ0n) is 15.2. The quantitative estimate of drug-likeness (QED) is 0.851. The fourth-order valence-corrected chi connectivity index (χ4v) is 1.70. The summed E-state index contributed by atoms with van der Waals surface area (Å²) in [6.45, 7) is 5.78. The number of carbonyl (C=O) groups excluding carboxylic acids is 1. The zero-order valence-corrected chi connectivity index (χ0v) is 15.2. The number of ether oxygens (including phenoxy) is 1. The molecule has 0 aliphatic carbocycles. The number of benzene rings is 2. The SMILES string of the molecule is CCc1ccccc1.CCc1ccccc1.COC(=O)C(C)CO. The van der Waals surface area contributed by atoms with E-state index in [1.165, 1.54) is 18.2 Å². The minimum Gasteiger partial charge on any atom is -0.469 e. The largest absolute Gasteiger partial charge is 0.469 e. The van der Waals surface area contributed by atoms with Crippen LogP contribution in [0.4, 0.5) is 0 Å². The number of rotatable bonds is 4. The van der Waals surface area contributed by atoms with Gasteiger partial charge in [-0.05, 0) is 30.9 Å². The number of methoxy groups -OCH3 is 1. The van der Waals surface area contributed by atoms with Gasteiger partial charge in [0.05, 0.1) is 19.6 Å². The van der Waals surface area contributed by atoms with Gasteiger partial charge in [0, 0.05) is 0 Å². The molecule has 0 fully saturated rings. The lowest BCUT2D eigenvalue weighted by Gasteiger charge is -2.02. The molecule has 2 rings (SSSR count). The van der Waals surface area contributed by atoms with Crippen LogP contribution in [0.2, 0.25) is 0 Å². The van der Waals surface area contributed by atoms with Gasteiger partial charge in [-0.2, -0.15) is 0 Å². The van der Waals surface area contributed by atoms with E-state index in [0.29, 0.717) is 0 Å². The van der Waals surface area contributed by atoms with E-state index in [1.54, 1.807) is 6.92 Å². The molecule has 0 spiro atoms. The molecule has 1 unspecified atom stereocenters. The highest BCUT2D eigenvalue weighted by atomic mass is 16.5. The van der Waals surface area contributed by atoms with Crippen molar-refractivity contribution in [1.29, 1.82) is 0 Å². The molecular weight excluding hydrogens is 300 g/mol. The average Bonchev–Trinajstić information content (AvgIpc) is 2.68. The molecule has 0 saturated carbocycles. The number of aliphatic hydroxyl groups excluding tert-OH is 1. The molecule has 2 aromatic rings. The predicted molar refractivity (Wildman–Crippen MR) is 99.9 cm³/mol. The lowest BCUT2D eigenvalue weighted by Crippen LogP contribution is -2.15. The van der Waals surface area contributed by atoms with Crippen LogP contribution in [-0.2, 0) is 22.4 Å². The maximum atomic E-state index is 10.4. The molecular formula is C21H30O3. The molecule has 2 aromatic carbocycles. The molecule has 3 heteroatoms. The van der Waals surface area contributed by atoms with Crippen LogP contribution in [0.25, 0.3) is 0 Å². The van der Waals surface area contributed by atoms with Crippen LogP contribution in [0.5, 0.6) is 0 Å². The van der Waals surface area contributed by atoms with Crippen molar-refractivity contribution >= 4 is 5.97 Å². The molecule has 132 valence electrons. The van der Waals surface area contributed by atoms with Gasteiger partial charge in [0.2, 0.25) is 0 Å². The van der Waals surface area contributed by atoms with Gasteiger partial charge in [-0.3, -0.25) is 4.79 Å². The number of hydrogen-bond acceptors (Lipinski definition) is 3. The molecule has 24 heavy (non-hydrogen) atoms. The number of esters is 1. The molecule has 0 bridgehead atoms. The Balaban J connectivity index is 0.000000331. The van der Waals surface area contributed by atoms with Gasteiger partial charge in [0.15, 0.2) is 0 Å². The van der Waals surface area contributed by atoms with Crippen molar-refractivity contribution in [2.45, 2.75) is 33.6 Å². The Kier molecular flexibility index (Phi) is 13.2. The number of aryl methyl sites for hydroxylation is 2. The van der Waals surface area contributed by atoms with E-state index in [2.05, 4.69) is 67.1 Å². The van der Waals surface area contributed by atoms with Crippen LogP contribution in [0.15, 0.2) is 60.7 Å². The van der Waals surface area contributed by atoms with Crippen molar-refractivity contribution in [3.63, 3.8) is 0 Å². The highest BCUT2D eigenvalue weighted by Crippen LogP contribution is 1.97. The lowest BCUT2D eigenvalue weighted by molar-refractivity contribution is -0.146. The minimum atomic E-state index is -0.389. The maximum Gasteiger partial charge on any atom is 0.310 e. The van der Waals surface area contributed by atoms with Crippen LogP contribution in [0.1, 0.15) is 31.9 Å². The van der Waals surface area contributed by atoms with Gasteiger partial charge in [0.1, 0.15) is 0 Å². The molecule has 0 aliphatic rings. The van der Waals surface area contributed by atoms with Crippen LogP contribution < -0.4 is 0 Å². The fourth-order valence-electron chi connectivity index (χ4n) is 1.70. The third kappa shape index (κ3) is 10.6. The number of carbonyl (C=O) groups is 1. The molecule has 0 heterocycles. The highest BCUT2D eigenvalue weighted by molar-refractivity contribution is 5.71. The van der Waals surface area contributed by atoms with Crippen molar-refractivity contribution in [2.24, 2.45) is 5.92 Å². The molecule has 1 atom stereocenters.